The van der Waals surface area contributed by atoms with Crippen molar-refractivity contribution in [2.75, 3.05) is 19.8 Å². The molecule has 2 heterocycles. The van der Waals surface area contributed by atoms with E-state index in [1.54, 1.807) is 0 Å². The van der Waals surface area contributed by atoms with Crippen molar-refractivity contribution >= 4 is 11.1 Å². The molecule has 4 heteroatoms. The molecule has 108 valence electrons. The van der Waals surface area contributed by atoms with Crippen LogP contribution in [0.3, 0.4) is 0 Å². The van der Waals surface area contributed by atoms with Crippen LogP contribution in [0.5, 0.6) is 0 Å². The summed E-state index contributed by atoms with van der Waals surface area (Å²) in [5, 5.41) is 3.57. The molecule has 1 aromatic heterocycles. The Labute approximate surface area is 119 Å². The Morgan fingerprint density at radius 1 is 1.40 bits per heavy atom. The lowest BCUT2D eigenvalue weighted by Gasteiger charge is -2.30. The van der Waals surface area contributed by atoms with Crippen LogP contribution in [0, 0.1) is 5.92 Å². The van der Waals surface area contributed by atoms with Gasteiger partial charge in [-0.25, -0.2) is 4.98 Å². The van der Waals surface area contributed by atoms with Gasteiger partial charge in [0, 0.05) is 19.1 Å². The Balaban J connectivity index is 1.74. The predicted octanol–water partition coefficient (Wildman–Crippen LogP) is 2.78. The minimum absolute atomic E-state index is 0.383. The van der Waals surface area contributed by atoms with E-state index in [2.05, 4.69) is 17.2 Å². The first-order valence-electron chi connectivity index (χ1n) is 7.52. The molecule has 2 atom stereocenters. The number of para-hydroxylation sites is 2. The van der Waals surface area contributed by atoms with Crippen LogP contribution in [-0.2, 0) is 11.2 Å². The number of nitrogens with zero attached hydrogens (tertiary/aromatic N) is 1. The summed E-state index contributed by atoms with van der Waals surface area (Å²) in [6.45, 7) is 4.85. The van der Waals surface area contributed by atoms with Crippen LogP contribution in [-0.4, -0.2) is 30.8 Å². The maximum absolute atomic E-state index is 5.84. The number of nitrogens with one attached hydrogen (secondary N) is 1. The SMILES string of the molecule is CCNC(Cc1nc2ccccc2o1)C1CCCOC1. The highest BCUT2D eigenvalue weighted by molar-refractivity contribution is 5.72. The van der Waals surface area contributed by atoms with E-state index >= 15 is 0 Å². The molecule has 20 heavy (non-hydrogen) atoms. The van der Waals surface area contributed by atoms with Gasteiger partial charge >= 0.3 is 0 Å². The van der Waals surface area contributed by atoms with Crippen molar-refractivity contribution in [2.24, 2.45) is 5.92 Å². The number of likely N-dealkylation sites (N-methyl/N-ethyl adjacent to an activating group) is 1. The molecule has 0 amide bonds. The van der Waals surface area contributed by atoms with Gasteiger partial charge in [-0.1, -0.05) is 19.1 Å². The first-order valence-corrected chi connectivity index (χ1v) is 7.52. The summed E-state index contributed by atoms with van der Waals surface area (Å²) in [4.78, 5) is 4.58. The third-order valence-corrected chi connectivity index (χ3v) is 3.96. The van der Waals surface area contributed by atoms with Crippen molar-refractivity contribution in [1.82, 2.24) is 10.3 Å². The number of rotatable bonds is 5. The van der Waals surface area contributed by atoms with E-state index in [0.717, 1.165) is 49.6 Å². The molecule has 2 unspecified atom stereocenters. The molecule has 3 rings (SSSR count). The van der Waals surface area contributed by atoms with Gasteiger partial charge in [-0.05, 0) is 37.4 Å². The fraction of sp³-hybridized carbons (Fsp3) is 0.562. The van der Waals surface area contributed by atoms with Gasteiger partial charge in [0.1, 0.15) is 5.52 Å². The normalized spacial score (nSPS) is 21.1. The Morgan fingerprint density at radius 3 is 3.05 bits per heavy atom. The van der Waals surface area contributed by atoms with Gasteiger partial charge in [0.15, 0.2) is 11.5 Å². The smallest absolute Gasteiger partial charge is 0.197 e. The number of benzene rings is 1. The number of hydrogen-bond acceptors (Lipinski definition) is 4. The lowest BCUT2D eigenvalue weighted by Crippen LogP contribution is -2.41. The van der Waals surface area contributed by atoms with Crippen molar-refractivity contribution in [3.63, 3.8) is 0 Å². The van der Waals surface area contributed by atoms with Crippen LogP contribution in [0.2, 0.25) is 0 Å². The molecule has 1 aliphatic rings. The van der Waals surface area contributed by atoms with Crippen LogP contribution in [0.15, 0.2) is 28.7 Å². The quantitative estimate of drug-likeness (QED) is 0.910. The number of oxazole rings is 1. The van der Waals surface area contributed by atoms with Gasteiger partial charge in [0.25, 0.3) is 0 Å². The average Bonchev–Trinajstić information content (AvgIpc) is 2.90. The second-order valence-electron chi connectivity index (χ2n) is 5.42. The average molecular weight is 274 g/mol. The largest absolute Gasteiger partial charge is 0.441 e. The number of ether oxygens (including phenoxy) is 1. The standard InChI is InChI=1S/C16H22N2O2/c1-2-17-14(12-6-5-9-19-11-12)10-16-18-13-7-3-4-8-15(13)20-16/h3-4,7-8,12,14,17H,2,5-6,9-11H2,1H3. The lowest BCUT2D eigenvalue weighted by atomic mass is 9.91. The molecular formula is C16H22N2O2. The number of fused-ring (bicyclic) bond motifs is 1. The van der Waals surface area contributed by atoms with Gasteiger partial charge in [-0.2, -0.15) is 0 Å². The maximum Gasteiger partial charge on any atom is 0.197 e. The summed E-state index contributed by atoms with van der Waals surface area (Å²) in [5.74, 6) is 1.38. The molecule has 0 aliphatic carbocycles. The maximum atomic E-state index is 5.84. The van der Waals surface area contributed by atoms with Crippen molar-refractivity contribution < 1.29 is 9.15 Å². The molecule has 1 N–H and O–H groups in total. The zero-order valence-corrected chi connectivity index (χ0v) is 12.0. The van der Waals surface area contributed by atoms with E-state index in [9.17, 15) is 0 Å². The van der Waals surface area contributed by atoms with Crippen molar-refractivity contribution in [3.05, 3.63) is 30.2 Å². The zero-order valence-electron chi connectivity index (χ0n) is 12.0. The number of hydrogen-bond donors (Lipinski definition) is 1. The van der Waals surface area contributed by atoms with E-state index in [4.69, 9.17) is 9.15 Å². The molecule has 0 radical (unpaired) electrons. The molecule has 0 bridgehead atoms. The fourth-order valence-corrected chi connectivity index (χ4v) is 2.95. The Morgan fingerprint density at radius 2 is 2.30 bits per heavy atom. The van der Waals surface area contributed by atoms with Gasteiger partial charge in [0.2, 0.25) is 0 Å². The van der Waals surface area contributed by atoms with Gasteiger partial charge in [-0.15, -0.1) is 0 Å². The summed E-state index contributed by atoms with van der Waals surface area (Å²) in [5.41, 5.74) is 1.82. The second kappa shape index (κ2) is 6.37. The molecule has 1 saturated heterocycles. The Hall–Kier alpha value is -1.39. The molecule has 1 fully saturated rings. The highest BCUT2D eigenvalue weighted by Crippen LogP contribution is 2.22. The molecule has 2 aromatic rings. The van der Waals surface area contributed by atoms with Crippen LogP contribution >= 0.6 is 0 Å². The minimum atomic E-state index is 0.383. The van der Waals surface area contributed by atoms with Crippen molar-refractivity contribution in [1.29, 1.82) is 0 Å². The summed E-state index contributed by atoms with van der Waals surface area (Å²) in [6.07, 6.45) is 3.20. The van der Waals surface area contributed by atoms with Crippen LogP contribution < -0.4 is 5.32 Å². The molecule has 4 nitrogen and oxygen atoms in total. The monoisotopic (exact) mass is 274 g/mol. The fourth-order valence-electron chi connectivity index (χ4n) is 2.95. The van der Waals surface area contributed by atoms with Crippen LogP contribution in [0.25, 0.3) is 11.1 Å². The van der Waals surface area contributed by atoms with E-state index in [-0.39, 0.29) is 0 Å². The molecule has 0 saturated carbocycles. The Kier molecular flexibility index (Phi) is 4.33. The van der Waals surface area contributed by atoms with E-state index in [0.29, 0.717) is 12.0 Å². The first kappa shape index (κ1) is 13.6. The molecular weight excluding hydrogens is 252 g/mol. The zero-order chi connectivity index (χ0) is 13.8. The van der Waals surface area contributed by atoms with Gasteiger partial charge < -0.3 is 14.5 Å². The summed E-state index contributed by atoms with van der Waals surface area (Å²) in [7, 11) is 0. The van der Waals surface area contributed by atoms with E-state index in [1.165, 1.54) is 6.42 Å². The van der Waals surface area contributed by atoms with Crippen molar-refractivity contribution in [3.8, 4) is 0 Å². The third kappa shape index (κ3) is 3.02. The van der Waals surface area contributed by atoms with Crippen LogP contribution in [0.1, 0.15) is 25.7 Å². The van der Waals surface area contributed by atoms with Crippen molar-refractivity contribution in [2.45, 2.75) is 32.2 Å². The summed E-state index contributed by atoms with van der Waals surface area (Å²) >= 11 is 0. The summed E-state index contributed by atoms with van der Waals surface area (Å²) < 4.78 is 11.5. The minimum Gasteiger partial charge on any atom is -0.441 e. The third-order valence-electron chi connectivity index (χ3n) is 3.96. The molecule has 0 spiro atoms. The lowest BCUT2D eigenvalue weighted by molar-refractivity contribution is 0.0387. The first-order chi connectivity index (χ1) is 9.86. The van der Waals surface area contributed by atoms with E-state index in [1.807, 2.05) is 24.3 Å². The molecule has 1 aliphatic heterocycles. The van der Waals surface area contributed by atoms with E-state index < -0.39 is 0 Å². The van der Waals surface area contributed by atoms with Gasteiger partial charge in [0.05, 0.1) is 6.61 Å². The van der Waals surface area contributed by atoms with Gasteiger partial charge in [-0.3, -0.25) is 0 Å². The highest BCUT2D eigenvalue weighted by Gasteiger charge is 2.25. The predicted molar refractivity (Wildman–Crippen MR) is 78.7 cm³/mol. The molecule has 1 aromatic carbocycles. The second-order valence-corrected chi connectivity index (χ2v) is 5.42. The topological polar surface area (TPSA) is 47.3 Å². The number of aromatic nitrogens is 1. The summed E-state index contributed by atoms with van der Waals surface area (Å²) in [6, 6.07) is 8.32. The Bertz CT molecular complexity index is 513. The highest BCUT2D eigenvalue weighted by atomic mass is 16.5. The van der Waals surface area contributed by atoms with Crippen LogP contribution in [0.4, 0.5) is 0 Å².